The van der Waals surface area contributed by atoms with Gasteiger partial charge in [0.2, 0.25) is 5.91 Å². The zero-order chi connectivity index (χ0) is 31.0. The van der Waals surface area contributed by atoms with Gasteiger partial charge in [0.15, 0.2) is 0 Å². The summed E-state index contributed by atoms with van der Waals surface area (Å²) in [5.74, 6) is -0.584. The highest BCUT2D eigenvalue weighted by molar-refractivity contribution is 7.90. The van der Waals surface area contributed by atoms with Crippen molar-refractivity contribution in [3.8, 4) is 0 Å². The highest BCUT2D eigenvalue weighted by Crippen LogP contribution is 2.64. The van der Waals surface area contributed by atoms with Crippen LogP contribution in [-0.4, -0.2) is 61.3 Å². The van der Waals surface area contributed by atoms with Crippen molar-refractivity contribution in [3.63, 3.8) is 0 Å². The minimum atomic E-state index is -4.45. The number of likely N-dealkylation sites (N-methyl/N-ethyl adjacent to an activating group) is 1. The number of nitrogens with one attached hydrogen (secondary N) is 1. The molecule has 1 aromatic heterocycles. The molecule has 1 atom stereocenters. The Morgan fingerprint density at radius 1 is 1.07 bits per heavy atom. The molecule has 1 saturated carbocycles. The van der Waals surface area contributed by atoms with Gasteiger partial charge in [-0.1, -0.05) is 54.1 Å². The maximum atomic E-state index is 14.0. The number of benzene rings is 3. The lowest BCUT2D eigenvalue weighted by molar-refractivity contribution is -0.168. The van der Waals surface area contributed by atoms with E-state index in [4.69, 9.17) is 0 Å². The first kappa shape index (κ1) is 30.5. The van der Waals surface area contributed by atoms with Crippen LogP contribution >= 0.6 is 0 Å². The Morgan fingerprint density at radius 2 is 1.74 bits per heavy atom. The molecule has 0 spiro atoms. The Kier molecular flexibility index (Phi) is 8.24. The number of allylic oxidation sites excluding steroid dienone is 1. The number of aryl methyl sites for hydroxylation is 1. The predicted octanol–water partition coefficient (Wildman–Crippen LogP) is 5.60. The third-order valence-corrected chi connectivity index (χ3v) is 9.64. The fourth-order valence-electron chi connectivity index (χ4n) is 5.24. The van der Waals surface area contributed by atoms with E-state index in [1.165, 1.54) is 6.20 Å². The first-order valence-electron chi connectivity index (χ1n) is 13.9. The molecule has 0 aliphatic heterocycles. The average molecular weight is 611 g/mol. The number of nitrogens with zero attached hydrogens (tertiary/aromatic N) is 3. The second-order valence-electron chi connectivity index (χ2n) is 11.3. The van der Waals surface area contributed by atoms with E-state index < -0.39 is 27.5 Å². The molecule has 1 heterocycles. The minimum absolute atomic E-state index is 0.0115. The van der Waals surface area contributed by atoms with Gasteiger partial charge < -0.3 is 10.2 Å². The number of rotatable bonds is 10. The molecular formula is C32H33F3N4O3S. The van der Waals surface area contributed by atoms with Gasteiger partial charge in [0.05, 0.1) is 22.0 Å². The molecule has 1 aliphatic carbocycles. The SMILES string of the molecule is Cc1ccc(S(=O)(=O)n2ncc3cc(CC(CNC(=O)C=C(c4ccccc4)C4(C(F)(F)F)CC4)N(C)C)ccc32)cc1. The Morgan fingerprint density at radius 3 is 2.35 bits per heavy atom. The van der Waals surface area contributed by atoms with E-state index in [2.05, 4.69) is 10.4 Å². The summed E-state index contributed by atoms with van der Waals surface area (Å²) < 4.78 is 69.4. The molecule has 1 unspecified atom stereocenters. The molecule has 7 nitrogen and oxygen atoms in total. The first-order chi connectivity index (χ1) is 20.3. The summed E-state index contributed by atoms with van der Waals surface area (Å²) in [5.41, 5.74) is 0.650. The van der Waals surface area contributed by atoms with Crippen LogP contribution in [0.3, 0.4) is 0 Å². The van der Waals surface area contributed by atoms with Crippen LogP contribution in [0.4, 0.5) is 13.2 Å². The third-order valence-electron chi connectivity index (χ3n) is 8.03. The van der Waals surface area contributed by atoms with Gasteiger partial charge in [-0.05, 0) is 81.2 Å². The molecule has 5 rings (SSSR count). The van der Waals surface area contributed by atoms with Gasteiger partial charge in [-0.3, -0.25) is 4.79 Å². The van der Waals surface area contributed by atoms with Crippen LogP contribution in [0.5, 0.6) is 0 Å². The number of carbonyl (C=O) groups excluding carboxylic acids is 1. The topological polar surface area (TPSA) is 84.3 Å². The molecule has 4 aromatic rings. The van der Waals surface area contributed by atoms with Gasteiger partial charge in [-0.2, -0.15) is 30.8 Å². The molecule has 226 valence electrons. The second-order valence-corrected chi connectivity index (χ2v) is 13.0. The fraction of sp³-hybridized carbons (Fsp3) is 0.312. The second kappa shape index (κ2) is 11.6. The van der Waals surface area contributed by atoms with E-state index in [1.807, 2.05) is 38.1 Å². The van der Waals surface area contributed by atoms with Gasteiger partial charge in [0, 0.05) is 24.0 Å². The van der Waals surface area contributed by atoms with E-state index in [1.54, 1.807) is 60.7 Å². The first-order valence-corrected chi connectivity index (χ1v) is 15.3. The zero-order valence-corrected chi connectivity index (χ0v) is 24.9. The van der Waals surface area contributed by atoms with Crippen molar-refractivity contribution in [2.75, 3.05) is 20.6 Å². The summed E-state index contributed by atoms with van der Waals surface area (Å²) in [7, 11) is -0.165. The van der Waals surface area contributed by atoms with Crippen molar-refractivity contribution >= 4 is 32.4 Å². The monoisotopic (exact) mass is 610 g/mol. The third kappa shape index (κ3) is 6.23. The molecule has 1 amide bonds. The summed E-state index contributed by atoms with van der Waals surface area (Å²) in [4.78, 5) is 15.0. The lowest BCUT2D eigenvalue weighted by Gasteiger charge is -2.25. The maximum absolute atomic E-state index is 14.0. The van der Waals surface area contributed by atoms with Gasteiger partial charge in [0.25, 0.3) is 10.0 Å². The standard InChI is InChI=1S/C32H33F3N4O3S/c1-22-9-12-27(13-10-22)43(41,42)39-29-14-11-23(17-25(29)20-37-39)18-26(38(2)3)21-36-30(40)19-28(24-7-5-4-6-8-24)31(15-16-31)32(33,34)35/h4-14,17,19-20,26H,15-16,18,21H2,1-3H3,(H,36,40). The van der Waals surface area contributed by atoms with Crippen LogP contribution in [0.15, 0.2) is 90.0 Å². The Balaban J connectivity index is 1.32. The molecule has 1 fully saturated rings. The smallest absolute Gasteiger partial charge is 0.351 e. The molecule has 1 aliphatic rings. The van der Waals surface area contributed by atoms with Gasteiger partial charge in [-0.25, -0.2) is 0 Å². The Bertz CT molecular complexity index is 1760. The lowest BCUT2D eigenvalue weighted by Crippen LogP contribution is -2.41. The van der Waals surface area contributed by atoms with Gasteiger partial charge in [-0.15, -0.1) is 0 Å². The van der Waals surface area contributed by atoms with Crippen LogP contribution in [0.2, 0.25) is 0 Å². The van der Waals surface area contributed by atoms with Crippen LogP contribution in [-0.2, 0) is 21.2 Å². The molecular weight excluding hydrogens is 577 g/mol. The molecule has 43 heavy (non-hydrogen) atoms. The predicted molar refractivity (Wildman–Crippen MR) is 160 cm³/mol. The van der Waals surface area contributed by atoms with E-state index in [0.29, 0.717) is 22.9 Å². The quantitative estimate of drug-likeness (QED) is 0.237. The van der Waals surface area contributed by atoms with Crippen molar-refractivity contribution in [2.45, 2.75) is 43.3 Å². The van der Waals surface area contributed by atoms with Crippen LogP contribution in [0.25, 0.3) is 16.5 Å². The summed E-state index contributed by atoms with van der Waals surface area (Å²) in [6.45, 7) is 2.08. The molecule has 1 N–H and O–H groups in total. The van der Waals surface area contributed by atoms with Gasteiger partial charge in [0.1, 0.15) is 0 Å². The number of hydrogen-bond donors (Lipinski definition) is 1. The van der Waals surface area contributed by atoms with Crippen molar-refractivity contribution in [1.82, 2.24) is 19.4 Å². The molecule has 3 aromatic carbocycles. The molecule has 0 bridgehead atoms. The fourth-order valence-corrected chi connectivity index (χ4v) is 6.52. The van der Waals surface area contributed by atoms with Crippen LogP contribution in [0.1, 0.15) is 29.5 Å². The summed E-state index contributed by atoms with van der Waals surface area (Å²) in [5, 5.41) is 7.59. The van der Waals surface area contributed by atoms with Crippen molar-refractivity contribution in [1.29, 1.82) is 0 Å². The van der Waals surface area contributed by atoms with Crippen LogP contribution in [0, 0.1) is 12.3 Å². The van der Waals surface area contributed by atoms with Crippen molar-refractivity contribution in [2.24, 2.45) is 5.41 Å². The van der Waals surface area contributed by atoms with Gasteiger partial charge >= 0.3 is 6.18 Å². The largest absolute Gasteiger partial charge is 0.398 e. The number of hydrogen-bond acceptors (Lipinski definition) is 5. The van der Waals surface area contributed by atoms with Crippen LogP contribution < -0.4 is 5.32 Å². The van der Waals surface area contributed by atoms with E-state index in [0.717, 1.165) is 21.3 Å². The molecule has 0 saturated heterocycles. The Labute approximate surface area is 249 Å². The molecule has 0 radical (unpaired) electrons. The summed E-state index contributed by atoms with van der Waals surface area (Å²) >= 11 is 0. The lowest BCUT2D eigenvalue weighted by atomic mass is 9.88. The maximum Gasteiger partial charge on any atom is 0.398 e. The van der Waals surface area contributed by atoms with E-state index >= 15 is 0 Å². The van der Waals surface area contributed by atoms with E-state index in [9.17, 15) is 26.4 Å². The average Bonchev–Trinajstić information content (AvgIpc) is 3.67. The number of carbonyl (C=O) groups is 1. The van der Waals surface area contributed by atoms with E-state index in [-0.39, 0.29) is 35.9 Å². The Hall–Kier alpha value is -3.96. The number of halogens is 3. The number of fused-ring (bicyclic) bond motifs is 1. The highest BCUT2D eigenvalue weighted by Gasteiger charge is 2.65. The van der Waals surface area contributed by atoms with Crippen molar-refractivity contribution < 1.29 is 26.4 Å². The number of alkyl halides is 3. The highest BCUT2D eigenvalue weighted by atomic mass is 32.2. The zero-order valence-electron chi connectivity index (χ0n) is 24.1. The van der Waals surface area contributed by atoms with Crippen molar-refractivity contribution in [3.05, 3.63) is 102 Å². The normalized spacial score (nSPS) is 15.9. The minimum Gasteiger partial charge on any atom is -0.351 e. The summed E-state index contributed by atoms with van der Waals surface area (Å²) in [6.07, 6.45) is -1.45. The molecule has 11 heteroatoms. The number of aromatic nitrogens is 2. The summed E-state index contributed by atoms with van der Waals surface area (Å²) in [6, 6.07) is 20.0. The number of amides is 1.